The second-order valence-electron chi connectivity index (χ2n) is 22.0. The van der Waals surface area contributed by atoms with Crippen LogP contribution in [0.15, 0.2) is 36.5 Å². The Morgan fingerprint density at radius 1 is 0.274 bits per heavy atom. The topological polar surface area (TPSA) is 78.9 Å². The maximum absolute atomic E-state index is 12.8. The van der Waals surface area contributed by atoms with Crippen molar-refractivity contribution in [1.82, 2.24) is 0 Å². The van der Waals surface area contributed by atoms with Crippen molar-refractivity contribution in [3.63, 3.8) is 0 Å². The summed E-state index contributed by atoms with van der Waals surface area (Å²) in [5, 5.41) is 0. The molecule has 0 radical (unpaired) electrons. The van der Waals surface area contributed by atoms with E-state index in [1.165, 1.54) is 244 Å². The molecule has 6 nitrogen and oxygen atoms in total. The van der Waals surface area contributed by atoms with E-state index in [9.17, 15) is 14.4 Å². The molecule has 0 spiro atoms. The second-order valence-corrected chi connectivity index (χ2v) is 22.0. The van der Waals surface area contributed by atoms with Crippen LogP contribution in [0.1, 0.15) is 355 Å². The summed E-state index contributed by atoms with van der Waals surface area (Å²) in [7, 11) is 0. The van der Waals surface area contributed by atoms with E-state index in [4.69, 9.17) is 14.2 Å². The Bertz CT molecular complexity index is 1220. The molecule has 0 aliphatic rings. The maximum atomic E-state index is 12.8. The Hall–Kier alpha value is -2.37. The van der Waals surface area contributed by atoms with Crippen LogP contribution in [-0.2, 0) is 28.6 Å². The van der Waals surface area contributed by atoms with Crippen molar-refractivity contribution in [2.75, 3.05) is 13.2 Å². The van der Waals surface area contributed by atoms with Gasteiger partial charge in [0.15, 0.2) is 6.10 Å². The van der Waals surface area contributed by atoms with Crippen LogP contribution in [0.3, 0.4) is 0 Å². The zero-order chi connectivity index (χ0) is 52.9. The van der Waals surface area contributed by atoms with Gasteiger partial charge in [0, 0.05) is 19.3 Å². The number of esters is 3. The van der Waals surface area contributed by atoms with Crippen molar-refractivity contribution >= 4 is 17.9 Å². The van der Waals surface area contributed by atoms with Gasteiger partial charge in [0.05, 0.1) is 0 Å². The molecule has 0 bridgehead atoms. The van der Waals surface area contributed by atoms with E-state index in [0.717, 1.165) is 70.6 Å². The molecule has 0 saturated carbocycles. The van der Waals surface area contributed by atoms with Crippen molar-refractivity contribution in [2.45, 2.75) is 361 Å². The van der Waals surface area contributed by atoms with E-state index in [2.05, 4.69) is 57.2 Å². The van der Waals surface area contributed by atoms with E-state index in [1.54, 1.807) is 0 Å². The molecule has 0 fully saturated rings. The van der Waals surface area contributed by atoms with Gasteiger partial charge < -0.3 is 14.2 Å². The summed E-state index contributed by atoms with van der Waals surface area (Å²) in [6, 6.07) is 0. The van der Waals surface area contributed by atoms with E-state index in [0.29, 0.717) is 19.3 Å². The predicted molar refractivity (Wildman–Crippen MR) is 316 cm³/mol. The number of rotatable bonds is 60. The van der Waals surface area contributed by atoms with Crippen molar-refractivity contribution in [3.8, 4) is 0 Å². The minimum atomic E-state index is -0.771. The van der Waals surface area contributed by atoms with E-state index in [-0.39, 0.29) is 31.1 Å². The fourth-order valence-corrected chi connectivity index (χ4v) is 9.71. The quantitative estimate of drug-likeness (QED) is 0.0261. The first-order chi connectivity index (χ1) is 36.0. The van der Waals surface area contributed by atoms with Crippen molar-refractivity contribution < 1.29 is 28.6 Å². The van der Waals surface area contributed by atoms with Crippen LogP contribution in [0.2, 0.25) is 0 Å². The van der Waals surface area contributed by atoms with Crippen molar-refractivity contribution in [3.05, 3.63) is 36.5 Å². The fourth-order valence-electron chi connectivity index (χ4n) is 9.71. The second kappa shape index (κ2) is 62.2. The fraction of sp³-hybridized carbons (Fsp3) is 0.866. The highest BCUT2D eigenvalue weighted by atomic mass is 16.6. The Morgan fingerprint density at radius 3 is 0.781 bits per heavy atom. The molecule has 0 rings (SSSR count). The number of hydrogen-bond acceptors (Lipinski definition) is 6. The lowest BCUT2D eigenvalue weighted by Gasteiger charge is -2.18. The molecule has 6 heteroatoms. The maximum Gasteiger partial charge on any atom is 0.306 e. The highest BCUT2D eigenvalue weighted by molar-refractivity contribution is 5.71. The Morgan fingerprint density at radius 2 is 0.493 bits per heavy atom. The normalized spacial score (nSPS) is 12.2. The molecule has 0 saturated heterocycles. The highest BCUT2D eigenvalue weighted by Crippen LogP contribution is 2.17. The molecule has 0 aromatic rings. The molecule has 0 amide bonds. The molecular weight excluding hydrogens is 901 g/mol. The summed E-state index contributed by atoms with van der Waals surface area (Å²) in [5.74, 6) is -0.870. The smallest absolute Gasteiger partial charge is 0.306 e. The van der Waals surface area contributed by atoms with Gasteiger partial charge in [0.2, 0.25) is 0 Å². The summed E-state index contributed by atoms with van der Waals surface area (Å²) in [6.07, 6.45) is 76.3. The first-order valence-electron chi connectivity index (χ1n) is 32.5. The number of carbonyl (C=O) groups excluding carboxylic acids is 3. The first kappa shape index (κ1) is 70.6. The van der Waals surface area contributed by atoms with Crippen molar-refractivity contribution in [1.29, 1.82) is 0 Å². The number of hydrogen-bond donors (Lipinski definition) is 0. The summed E-state index contributed by atoms with van der Waals surface area (Å²) in [6.45, 7) is 6.60. The SMILES string of the molecule is CCCCCC/C=C\C/C=C\CCCCCCCCCC(=O)OC(COC(=O)CCCCCCCC)COC(=O)CCCCCCCCCCCCCCCCCCCCC/C=C\CCCCCCCCCC. The number of allylic oxidation sites excluding steroid dienone is 6. The number of carbonyl (C=O) groups is 3. The lowest BCUT2D eigenvalue weighted by atomic mass is 10.0. The van der Waals surface area contributed by atoms with Gasteiger partial charge in [0.1, 0.15) is 13.2 Å². The Labute approximate surface area is 455 Å². The van der Waals surface area contributed by atoms with E-state index >= 15 is 0 Å². The zero-order valence-electron chi connectivity index (χ0n) is 49.2. The van der Waals surface area contributed by atoms with Crippen LogP contribution in [0.25, 0.3) is 0 Å². The average molecular weight is 1030 g/mol. The van der Waals surface area contributed by atoms with Gasteiger partial charge in [-0.1, -0.05) is 295 Å². The highest BCUT2D eigenvalue weighted by Gasteiger charge is 2.19. The van der Waals surface area contributed by atoms with Gasteiger partial charge in [0.25, 0.3) is 0 Å². The van der Waals surface area contributed by atoms with E-state index in [1.807, 2.05) is 0 Å². The number of unbranched alkanes of at least 4 members (excludes halogenated alkanes) is 43. The molecule has 1 atom stereocenters. The largest absolute Gasteiger partial charge is 0.462 e. The predicted octanol–water partition coefficient (Wildman–Crippen LogP) is 22.0. The third-order valence-electron chi connectivity index (χ3n) is 14.6. The molecule has 0 aromatic carbocycles. The molecule has 0 aliphatic heterocycles. The molecule has 0 N–H and O–H groups in total. The lowest BCUT2D eigenvalue weighted by molar-refractivity contribution is -0.167. The van der Waals surface area contributed by atoms with Gasteiger partial charge >= 0.3 is 17.9 Å². The molecule has 0 heterocycles. The molecule has 73 heavy (non-hydrogen) atoms. The molecule has 428 valence electrons. The Balaban J connectivity index is 3.97. The molecular formula is C67H124O6. The monoisotopic (exact) mass is 1020 g/mol. The first-order valence-corrected chi connectivity index (χ1v) is 32.5. The van der Waals surface area contributed by atoms with Crippen LogP contribution >= 0.6 is 0 Å². The summed E-state index contributed by atoms with van der Waals surface area (Å²) >= 11 is 0. The van der Waals surface area contributed by atoms with Gasteiger partial charge in [-0.15, -0.1) is 0 Å². The van der Waals surface area contributed by atoms with Crippen LogP contribution in [0.5, 0.6) is 0 Å². The van der Waals surface area contributed by atoms with Crippen LogP contribution < -0.4 is 0 Å². The molecule has 1 unspecified atom stereocenters. The van der Waals surface area contributed by atoms with Crippen LogP contribution in [-0.4, -0.2) is 37.2 Å². The minimum absolute atomic E-state index is 0.0715. The lowest BCUT2D eigenvalue weighted by Crippen LogP contribution is -2.30. The summed E-state index contributed by atoms with van der Waals surface area (Å²) in [4.78, 5) is 38.0. The van der Waals surface area contributed by atoms with Gasteiger partial charge in [-0.25, -0.2) is 0 Å². The Kier molecular flexibility index (Phi) is 60.2. The van der Waals surface area contributed by atoms with E-state index < -0.39 is 6.10 Å². The third-order valence-corrected chi connectivity index (χ3v) is 14.6. The summed E-state index contributed by atoms with van der Waals surface area (Å²) in [5.41, 5.74) is 0. The van der Waals surface area contributed by atoms with Crippen LogP contribution in [0.4, 0.5) is 0 Å². The van der Waals surface area contributed by atoms with Crippen molar-refractivity contribution in [2.24, 2.45) is 0 Å². The van der Waals surface area contributed by atoms with Crippen LogP contribution in [0, 0.1) is 0 Å². The average Bonchev–Trinajstić information content (AvgIpc) is 3.39. The van der Waals surface area contributed by atoms with Gasteiger partial charge in [-0.2, -0.15) is 0 Å². The number of ether oxygens (including phenoxy) is 3. The standard InChI is InChI=1S/C67H124O6/c1-4-7-10-13-16-18-20-22-24-26-28-29-30-31-32-33-34-35-36-37-38-39-40-42-43-45-47-49-51-54-57-60-66(69)72-63-64(62-71-65(68)59-56-53-15-12-9-6-3)73-67(70)61-58-55-52-50-48-46-44-41-27-25-23-21-19-17-14-11-8-5-2/h19,21,25-28,64H,4-18,20,22-24,29-63H2,1-3H3/b21-19-,27-25-,28-26-. The third kappa shape index (κ3) is 60.4. The van der Waals surface area contributed by atoms with Gasteiger partial charge in [-0.05, 0) is 77.0 Å². The zero-order valence-corrected chi connectivity index (χ0v) is 49.2. The van der Waals surface area contributed by atoms with Gasteiger partial charge in [-0.3, -0.25) is 14.4 Å². The minimum Gasteiger partial charge on any atom is -0.462 e. The summed E-state index contributed by atoms with van der Waals surface area (Å²) < 4.78 is 16.8. The molecule has 0 aliphatic carbocycles. The molecule has 0 aromatic heterocycles.